The molecule has 37 heavy (non-hydrogen) atoms. The number of hydrogen-bond donors (Lipinski definition) is 0. The van der Waals surface area contributed by atoms with Crippen LogP contribution in [-0.2, 0) is 4.74 Å². The molecule has 5 rings (SSSR count). The molecular formula is C28H36ClFN6O. The third kappa shape index (κ3) is 7.02. The Balaban J connectivity index is 0.000000291. The first-order valence-corrected chi connectivity index (χ1v) is 13.2. The summed E-state index contributed by atoms with van der Waals surface area (Å²) in [4.78, 5) is 16.1. The molecule has 0 bridgehead atoms. The van der Waals surface area contributed by atoms with E-state index in [1.54, 1.807) is 12.1 Å². The van der Waals surface area contributed by atoms with Gasteiger partial charge in [0.05, 0.1) is 36.0 Å². The smallest absolute Gasteiger partial charge is 0.181 e. The van der Waals surface area contributed by atoms with E-state index < -0.39 is 5.82 Å². The summed E-state index contributed by atoms with van der Waals surface area (Å²) in [6, 6.07) is 8.97. The van der Waals surface area contributed by atoms with Crippen LogP contribution >= 0.6 is 11.6 Å². The second-order valence-corrected chi connectivity index (χ2v) is 9.00. The molecular weight excluding hydrogens is 491 g/mol. The maximum Gasteiger partial charge on any atom is 0.181 e. The van der Waals surface area contributed by atoms with Crippen LogP contribution in [0.3, 0.4) is 0 Å². The van der Waals surface area contributed by atoms with Crippen molar-refractivity contribution in [2.24, 2.45) is 0 Å². The molecule has 1 aliphatic heterocycles. The lowest BCUT2D eigenvalue weighted by Crippen LogP contribution is -2.36. The third-order valence-corrected chi connectivity index (χ3v) is 6.39. The molecule has 1 aromatic carbocycles. The van der Waals surface area contributed by atoms with E-state index in [1.807, 2.05) is 56.9 Å². The first kappa shape index (κ1) is 28.5. The number of benzene rings is 1. The Morgan fingerprint density at radius 3 is 2.38 bits per heavy atom. The van der Waals surface area contributed by atoms with Gasteiger partial charge in [-0.1, -0.05) is 32.4 Å². The maximum absolute atomic E-state index is 14.5. The summed E-state index contributed by atoms with van der Waals surface area (Å²) in [6.07, 6.45) is 4.95. The highest BCUT2D eigenvalue weighted by Crippen LogP contribution is 2.32. The molecule has 0 saturated carbocycles. The predicted molar refractivity (Wildman–Crippen MR) is 149 cm³/mol. The van der Waals surface area contributed by atoms with Gasteiger partial charge < -0.3 is 9.64 Å². The van der Waals surface area contributed by atoms with Gasteiger partial charge in [0, 0.05) is 42.1 Å². The monoisotopic (exact) mass is 526 g/mol. The summed E-state index contributed by atoms with van der Waals surface area (Å²) in [7, 11) is 0. The van der Waals surface area contributed by atoms with Crippen LogP contribution in [0.1, 0.15) is 51.5 Å². The SMILES string of the molecule is CC.CCC(C)n1cccn1.Cc1nc2nc(-c3ccc(Cl)cc3F)cc(N3CCOCC3)c2nc1C. The van der Waals surface area contributed by atoms with Crippen molar-refractivity contribution in [3.63, 3.8) is 0 Å². The number of rotatable bonds is 4. The molecule has 4 aromatic rings. The van der Waals surface area contributed by atoms with Crippen molar-refractivity contribution < 1.29 is 9.13 Å². The number of anilines is 1. The Labute approximate surface area is 223 Å². The van der Waals surface area contributed by atoms with Crippen molar-refractivity contribution in [3.05, 3.63) is 65.0 Å². The summed E-state index contributed by atoms with van der Waals surface area (Å²) < 4.78 is 21.9. The van der Waals surface area contributed by atoms with Crippen molar-refractivity contribution in [2.75, 3.05) is 31.2 Å². The van der Waals surface area contributed by atoms with E-state index in [-0.39, 0.29) is 0 Å². The number of morpholine rings is 1. The second-order valence-electron chi connectivity index (χ2n) is 8.56. The lowest BCUT2D eigenvalue weighted by Gasteiger charge is -2.29. The van der Waals surface area contributed by atoms with Crippen LogP contribution in [0.2, 0.25) is 5.02 Å². The van der Waals surface area contributed by atoms with E-state index in [1.165, 1.54) is 6.07 Å². The molecule has 1 unspecified atom stereocenters. The minimum absolute atomic E-state index is 0.353. The molecule has 7 nitrogen and oxygen atoms in total. The highest BCUT2D eigenvalue weighted by atomic mass is 35.5. The zero-order chi connectivity index (χ0) is 26.9. The fraction of sp³-hybridized carbons (Fsp3) is 0.429. The van der Waals surface area contributed by atoms with Crippen LogP contribution < -0.4 is 4.90 Å². The zero-order valence-electron chi connectivity index (χ0n) is 22.5. The van der Waals surface area contributed by atoms with E-state index >= 15 is 0 Å². The van der Waals surface area contributed by atoms with Gasteiger partial charge in [-0.3, -0.25) is 4.68 Å². The van der Waals surface area contributed by atoms with Crippen molar-refractivity contribution in [1.29, 1.82) is 0 Å². The van der Waals surface area contributed by atoms with E-state index in [9.17, 15) is 4.39 Å². The van der Waals surface area contributed by atoms with Crippen LogP contribution in [0.25, 0.3) is 22.4 Å². The average Bonchev–Trinajstić information content (AvgIpc) is 3.46. The second kappa shape index (κ2) is 13.4. The number of ether oxygens (including phenoxy) is 1. The Hall–Kier alpha value is -3.10. The molecule has 0 amide bonds. The van der Waals surface area contributed by atoms with Crippen molar-refractivity contribution >= 4 is 28.5 Å². The highest BCUT2D eigenvalue weighted by molar-refractivity contribution is 6.30. The van der Waals surface area contributed by atoms with Gasteiger partial charge in [-0.05, 0) is 57.5 Å². The first-order valence-electron chi connectivity index (χ1n) is 12.8. The minimum atomic E-state index is -0.408. The molecule has 0 aliphatic carbocycles. The van der Waals surface area contributed by atoms with Crippen LogP contribution in [0.4, 0.5) is 10.1 Å². The van der Waals surface area contributed by atoms with E-state index in [4.69, 9.17) is 21.3 Å². The number of aryl methyl sites for hydroxylation is 2. The van der Waals surface area contributed by atoms with Gasteiger partial charge in [0.2, 0.25) is 0 Å². The summed E-state index contributed by atoms with van der Waals surface area (Å²) in [5.41, 5.74) is 4.73. The van der Waals surface area contributed by atoms with Crippen LogP contribution in [0, 0.1) is 19.7 Å². The number of hydrogen-bond acceptors (Lipinski definition) is 6. The Kier molecular flexibility index (Phi) is 10.3. The van der Waals surface area contributed by atoms with Gasteiger partial charge in [-0.2, -0.15) is 5.10 Å². The fourth-order valence-corrected chi connectivity index (χ4v) is 3.95. The quantitative estimate of drug-likeness (QED) is 0.290. The lowest BCUT2D eigenvalue weighted by molar-refractivity contribution is 0.123. The molecule has 3 aromatic heterocycles. The number of halogens is 2. The predicted octanol–water partition coefficient (Wildman–Crippen LogP) is 6.82. The minimum Gasteiger partial charge on any atom is -0.378 e. The standard InChI is InChI=1S/C19H18ClFN4O.C7H12N2.C2H6/c1-11-12(2)23-19-18(22-11)17(25-5-7-26-8-6-25)10-16(24-19)14-4-3-13(20)9-15(14)21;1-3-7(2)9-6-4-5-8-9;1-2/h3-4,9-10H,5-8H2,1-2H3;4-7H,3H2,1-2H3;1-2H3. The van der Waals surface area contributed by atoms with Gasteiger partial charge in [0.15, 0.2) is 5.65 Å². The van der Waals surface area contributed by atoms with E-state index in [2.05, 4.69) is 33.8 Å². The summed E-state index contributed by atoms with van der Waals surface area (Å²) >= 11 is 5.89. The fourth-order valence-electron chi connectivity index (χ4n) is 3.79. The topological polar surface area (TPSA) is 69.0 Å². The van der Waals surface area contributed by atoms with Crippen LogP contribution in [-0.4, -0.2) is 51.0 Å². The lowest BCUT2D eigenvalue weighted by atomic mass is 10.1. The van der Waals surface area contributed by atoms with E-state index in [0.717, 1.165) is 42.1 Å². The number of fused-ring (bicyclic) bond motifs is 1. The molecule has 4 heterocycles. The van der Waals surface area contributed by atoms with Crippen LogP contribution in [0.5, 0.6) is 0 Å². The van der Waals surface area contributed by atoms with Crippen LogP contribution in [0.15, 0.2) is 42.7 Å². The normalized spacial score (nSPS) is 13.9. The van der Waals surface area contributed by atoms with Gasteiger partial charge in [0.1, 0.15) is 11.3 Å². The maximum atomic E-state index is 14.5. The molecule has 9 heteroatoms. The number of aromatic nitrogens is 5. The Morgan fingerprint density at radius 1 is 1.05 bits per heavy atom. The largest absolute Gasteiger partial charge is 0.378 e. The average molecular weight is 527 g/mol. The molecule has 198 valence electrons. The highest BCUT2D eigenvalue weighted by Gasteiger charge is 2.20. The molecule has 0 spiro atoms. The number of nitrogens with zero attached hydrogens (tertiary/aromatic N) is 6. The molecule has 1 atom stereocenters. The van der Waals surface area contributed by atoms with Gasteiger partial charge >= 0.3 is 0 Å². The number of pyridine rings is 1. The van der Waals surface area contributed by atoms with Gasteiger partial charge in [0.25, 0.3) is 0 Å². The third-order valence-electron chi connectivity index (χ3n) is 6.16. The van der Waals surface area contributed by atoms with Crippen molar-refractivity contribution in [2.45, 2.75) is 54.0 Å². The van der Waals surface area contributed by atoms with Gasteiger partial charge in [-0.15, -0.1) is 0 Å². The molecule has 1 fully saturated rings. The zero-order valence-corrected chi connectivity index (χ0v) is 23.3. The first-order chi connectivity index (χ1) is 17.9. The van der Waals surface area contributed by atoms with Crippen molar-refractivity contribution in [3.8, 4) is 11.3 Å². The molecule has 1 aliphatic rings. The molecule has 1 saturated heterocycles. The summed E-state index contributed by atoms with van der Waals surface area (Å²) in [5, 5.41) is 4.46. The molecule has 0 radical (unpaired) electrons. The Bertz CT molecular complexity index is 1290. The van der Waals surface area contributed by atoms with Gasteiger partial charge in [-0.25, -0.2) is 19.3 Å². The van der Waals surface area contributed by atoms with E-state index in [0.29, 0.717) is 41.2 Å². The molecule has 0 N–H and O–H groups in total. The summed E-state index contributed by atoms with van der Waals surface area (Å²) in [6.45, 7) is 14.9. The summed E-state index contributed by atoms with van der Waals surface area (Å²) in [5.74, 6) is -0.408. The Morgan fingerprint density at radius 2 is 1.76 bits per heavy atom. The van der Waals surface area contributed by atoms with Crippen molar-refractivity contribution in [1.82, 2.24) is 24.7 Å².